The van der Waals surface area contributed by atoms with Crippen molar-refractivity contribution in [3.63, 3.8) is 0 Å². The van der Waals surface area contributed by atoms with E-state index in [0.29, 0.717) is 29.5 Å². The summed E-state index contributed by atoms with van der Waals surface area (Å²) in [7, 11) is 0. The van der Waals surface area contributed by atoms with E-state index < -0.39 is 0 Å². The van der Waals surface area contributed by atoms with Crippen LogP contribution < -0.4 is 22.3 Å². The van der Waals surface area contributed by atoms with Crippen molar-refractivity contribution in [3.8, 4) is 11.5 Å². The van der Waals surface area contributed by atoms with Gasteiger partial charge in [-0.25, -0.2) is 10.8 Å². The molecular formula is C18H19N7O. The second-order valence-electron chi connectivity index (χ2n) is 6.13. The van der Waals surface area contributed by atoms with Gasteiger partial charge in [0.1, 0.15) is 11.4 Å². The number of aromatic amines is 1. The molecule has 0 radical (unpaired) electrons. The molecule has 0 atom stereocenters. The van der Waals surface area contributed by atoms with Crippen molar-refractivity contribution in [3.05, 3.63) is 53.9 Å². The van der Waals surface area contributed by atoms with Crippen LogP contribution in [0.4, 0.5) is 17.5 Å². The lowest BCUT2D eigenvalue weighted by Crippen LogP contribution is -2.32. The Morgan fingerprint density at radius 1 is 1.19 bits per heavy atom. The summed E-state index contributed by atoms with van der Waals surface area (Å²) in [6.07, 6.45) is 3.46. The lowest BCUT2D eigenvalue weighted by molar-refractivity contribution is 0.580. The van der Waals surface area contributed by atoms with E-state index in [9.17, 15) is 0 Å². The van der Waals surface area contributed by atoms with Crippen molar-refractivity contribution < 1.29 is 4.42 Å². The maximum absolute atomic E-state index is 6.26. The SMILES string of the molecule is Cc1cc(CN(N)c2nc(N)nc(-c3ccco3)c2N)cc2cc[nH]c12. The molecule has 4 rings (SSSR count). The van der Waals surface area contributed by atoms with Crippen LogP contribution in [0.1, 0.15) is 11.1 Å². The molecule has 3 heterocycles. The first-order valence-electron chi connectivity index (χ1n) is 8.08. The van der Waals surface area contributed by atoms with E-state index in [-0.39, 0.29) is 5.95 Å². The second-order valence-corrected chi connectivity index (χ2v) is 6.13. The van der Waals surface area contributed by atoms with Gasteiger partial charge in [0.05, 0.1) is 12.8 Å². The highest BCUT2D eigenvalue weighted by Gasteiger charge is 2.18. The van der Waals surface area contributed by atoms with Gasteiger partial charge in [-0.2, -0.15) is 4.98 Å². The molecule has 3 aromatic heterocycles. The number of hydrogen-bond donors (Lipinski definition) is 4. The number of anilines is 3. The maximum atomic E-state index is 6.26. The predicted molar refractivity (Wildman–Crippen MR) is 102 cm³/mol. The average molecular weight is 349 g/mol. The largest absolute Gasteiger partial charge is 0.463 e. The summed E-state index contributed by atoms with van der Waals surface area (Å²) in [6, 6.07) is 9.69. The Morgan fingerprint density at radius 3 is 2.81 bits per heavy atom. The smallest absolute Gasteiger partial charge is 0.222 e. The summed E-state index contributed by atoms with van der Waals surface area (Å²) in [5.74, 6) is 7.20. The van der Waals surface area contributed by atoms with Crippen LogP contribution in [-0.4, -0.2) is 15.0 Å². The molecule has 1 aromatic carbocycles. The minimum atomic E-state index is 0.0771. The van der Waals surface area contributed by atoms with E-state index >= 15 is 0 Å². The van der Waals surface area contributed by atoms with Crippen LogP contribution in [0.5, 0.6) is 0 Å². The van der Waals surface area contributed by atoms with Gasteiger partial charge in [0.15, 0.2) is 11.6 Å². The monoisotopic (exact) mass is 349 g/mol. The van der Waals surface area contributed by atoms with Gasteiger partial charge in [-0.3, -0.25) is 5.01 Å². The minimum absolute atomic E-state index is 0.0771. The highest BCUT2D eigenvalue weighted by molar-refractivity contribution is 5.83. The van der Waals surface area contributed by atoms with Crippen LogP contribution in [0, 0.1) is 6.92 Å². The topological polar surface area (TPSA) is 136 Å². The van der Waals surface area contributed by atoms with Gasteiger partial charge in [0.25, 0.3) is 0 Å². The van der Waals surface area contributed by atoms with Crippen molar-refractivity contribution in [1.82, 2.24) is 15.0 Å². The molecule has 0 saturated heterocycles. The molecule has 0 bridgehead atoms. The van der Waals surface area contributed by atoms with E-state index in [1.165, 1.54) is 5.01 Å². The fraction of sp³-hybridized carbons (Fsp3) is 0.111. The Hall–Kier alpha value is -3.52. The Balaban J connectivity index is 1.70. The number of nitrogens with zero attached hydrogens (tertiary/aromatic N) is 3. The molecule has 0 saturated carbocycles. The van der Waals surface area contributed by atoms with Gasteiger partial charge in [0, 0.05) is 11.7 Å². The highest BCUT2D eigenvalue weighted by Crippen LogP contribution is 2.32. The second kappa shape index (κ2) is 6.08. The van der Waals surface area contributed by atoms with E-state index in [0.717, 1.165) is 22.0 Å². The first-order chi connectivity index (χ1) is 12.5. The molecule has 0 unspecified atom stereocenters. The van der Waals surface area contributed by atoms with Crippen molar-refractivity contribution in [1.29, 1.82) is 0 Å². The molecule has 8 nitrogen and oxygen atoms in total. The number of rotatable bonds is 4. The summed E-state index contributed by atoms with van der Waals surface area (Å²) in [5.41, 5.74) is 16.1. The Kier molecular flexibility index (Phi) is 3.74. The number of hydrazine groups is 1. The number of nitrogen functional groups attached to an aromatic ring is 2. The number of benzene rings is 1. The van der Waals surface area contributed by atoms with Gasteiger partial charge in [-0.05, 0) is 47.7 Å². The van der Waals surface area contributed by atoms with E-state index in [1.54, 1.807) is 18.4 Å². The highest BCUT2D eigenvalue weighted by atomic mass is 16.3. The third-order valence-corrected chi connectivity index (χ3v) is 4.24. The summed E-state index contributed by atoms with van der Waals surface area (Å²) in [4.78, 5) is 11.6. The average Bonchev–Trinajstić information content (AvgIpc) is 3.28. The summed E-state index contributed by atoms with van der Waals surface area (Å²) in [5, 5.41) is 2.59. The Bertz CT molecular complexity index is 1070. The molecule has 0 aliphatic carbocycles. The first-order valence-corrected chi connectivity index (χ1v) is 8.08. The normalized spacial score (nSPS) is 11.2. The zero-order chi connectivity index (χ0) is 18.3. The third-order valence-electron chi connectivity index (χ3n) is 4.24. The van der Waals surface area contributed by atoms with Crippen LogP contribution in [0.25, 0.3) is 22.4 Å². The number of furan rings is 1. The maximum Gasteiger partial charge on any atom is 0.222 e. The van der Waals surface area contributed by atoms with Gasteiger partial charge >= 0.3 is 0 Å². The lowest BCUT2D eigenvalue weighted by Gasteiger charge is -2.21. The van der Waals surface area contributed by atoms with Gasteiger partial charge in [0.2, 0.25) is 5.95 Å². The number of fused-ring (bicyclic) bond motifs is 1. The number of aromatic nitrogens is 3. The van der Waals surface area contributed by atoms with Gasteiger partial charge in [-0.1, -0.05) is 6.07 Å². The van der Waals surface area contributed by atoms with E-state index in [1.807, 2.05) is 12.3 Å². The summed E-state index contributed by atoms with van der Waals surface area (Å²) >= 11 is 0. The van der Waals surface area contributed by atoms with E-state index in [2.05, 4.69) is 34.0 Å². The van der Waals surface area contributed by atoms with Crippen LogP contribution in [0.3, 0.4) is 0 Å². The standard InChI is InChI=1S/C18H19N7O/c1-10-7-11(8-12-4-5-22-15(10)12)9-25(21)17-14(19)16(23-18(20)24-17)13-3-2-6-26-13/h2-8,22H,9,19,21H2,1H3,(H2,20,23,24). The molecule has 0 fully saturated rings. The zero-order valence-electron chi connectivity index (χ0n) is 14.2. The summed E-state index contributed by atoms with van der Waals surface area (Å²) < 4.78 is 5.37. The fourth-order valence-electron chi connectivity index (χ4n) is 3.09. The Labute approximate surface area is 149 Å². The molecule has 4 aromatic rings. The first kappa shape index (κ1) is 16.0. The van der Waals surface area contributed by atoms with Crippen molar-refractivity contribution >= 4 is 28.4 Å². The zero-order valence-corrected chi connectivity index (χ0v) is 14.2. The molecule has 0 amide bonds. The van der Waals surface area contributed by atoms with Crippen molar-refractivity contribution in [2.75, 3.05) is 16.5 Å². The predicted octanol–water partition coefficient (Wildman–Crippen LogP) is 2.57. The van der Waals surface area contributed by atoms with Crippen LogP contribution >= 0.6 is 0 Å². The molecule has 26 heavy (non-hydrogen) atoms. The Morgan fingerprint density at radius 2 is 2.04 bits per heavy atom. The number of H-pyrrole nitrogens is 1. The third kappa shape index (κ3) is 2.72. The van der Waals surface area contributed by atoms with E-state index in [4.69, 9.17) is 21.7 Å². The molecular weight excluding hydrogens is 330 g/mol. The number of nitrogens with one attached hydrogen (secondary N) is 1. The van der Waals surface area contributed by atoms with Crippen LogP contribution in [0.15, 0.2) is 47.2 Å². The number of hydrogen-bond acceptors (Lipinski definition) is 7. The van der Waals surface area contributed by atoms with Gasteiger partial charge < -0.3 is 20.9 Å². The molecule has 0 aliphatic rings. The molecule has 7 N–H and O–H groups in total. The molecule has 0 aliphatic heterocycles. The number of nitrogens with two attached hydrogens (primary N) is 3. The quantitative estimate of drug-likeness (QED) is 0.328. The lowest BCUT2D eigenvalue weighted by atomic mass is 10.1. The molecule has 132 valence electrons. The van der Waals surface area contributed by atoms with Gasteiger partial charge in [-0.15, -0.1) is 0 Å². The van der Waals surface area contributed by atoms with Crippen LogP contribution in [-0.2, 0) is 6.54 Å². The number of aryl methyl sites for hydroxylation is 1. The summed E-state index contributed by atoms with van der Waals surface area (Å²) in [6.45, 7) is 2.47. The van der Waals surface area contributed by atoms with Crippen molar-refractivity contribution in [2.24, 2.45) is 5.84 Å². The molecule has 0 spiro atoms. The van der Waals surface area contributed by atoms with Crippen molar-refractivity contribution in [2.45, 2.75) is 13.5 Å². The minimum Gasteiger partial charge on any atom is -0.463 e. The molecule has 8 heteroatoms. The van der Waals surface area contributed by atoms with Crippen LogP contribution in [0.2, 0.25) is 0 Å². The fourth-order valence-corrected chi connectivity index (χ4v) is 3.09.